The average molecular weight is 362 g/mol. The maximum absolute atomic E-state index is 5.78. The van der Waals surface area contributed by atoms with Crippen LogP contribution in [0.1, 0.15) is 30.1 Å². The summed E-state index contributed by atoms with van der Waals surface area (Å²) in [5, 5.41) is 12.8. The van der Waals surface area contributed by atoms with Gasteiger partial charge in [0.2, 0.25) is 11.8 Å². The predicted octanol–water partition coefficient (Wildman–Crippen LogP) is 3.51. The molecule has 1 unspecified atom stereocenters. The van der Waals surface area contributed by atoms with Crippen molar-refractivity contribution in [2.24, 2.45) is 0 Å². The molecule has 3 aromatic rings. The Hall–Kier alpha value is -2.02. The molecule has 0 amide bonds. The Morgan fingerprint density at radius 2 is 1.95 bits per heavy atom. The van der Waals surface area contributed by atoms with Gasteiger partial charge in [0.05, 0.1) is 22.6 Å². The molecule has 0 saturated heterocycles. The standard InChI is InChI=1S/C15H16BrN5O/c1-9(8-21-11(3)13(16)10(2)20-21)14-18-19-15(22-14)12-4-6-17-7-5-12/h4-7,9H,8H2,1-3H3. The molecule has 0 fully saturated rings. The summed E-state index contributed by atoms with van der Waals surface area (Å²) < 4.78 is 8.78. The quantitative estimate of drug-likeness (QED) is 0.710. The van der Waals surface area contributed by atoms with Crippen molar-refractivity contribution in [2.75, 3.05) is 0 Å². The van der Waals surface area contributed by atoms with E-state index in [1.54, 1.807) is 12.4 Å². The van der Waals surface area contributed by atoms with E-state index < -0.39 is 0 Å². The fraction of sp³-hybridized carbons (Fsp3) is 0.333. The first-order chi connectivity index (χ1) is 10.6. The van der Waals surface area contributed by atoms with Crippen LogP contribution >= 0.6 is 15.9 Å². The minimum absolute atomic E-state index is 0.0768. The zero-order chi connectivity index (χ0) is 15.7. The minimum Gasteiger partial charge on any atom is -0.420 e. The van der Waals surface area contributed by atoms with Gasteiger partial charge in [-0.25, -0.2) is 0 Å². The van der Waals surface area contributed by atoms with Crippen LogP contribution in [-0.4, -0.2) is 25.0 Å². The normalized spacial score (nSPS) is 12.5. The van der Waals surface area contributed by atoms with Gasteiger partial charge >= 0.3 is 0 Å². The summed E-state index contributed by atoms with van der Waals surface area (Å²) in [5.41, 5.74) is 2.95. The maximum atomic E-state index is 5.78. The van der Waals surface area contributed by atoms with E-state index in [0.717, 1.165) is 21.4 Å². The number of halogens is 1. The zero-order valence-corrected chi connectivity index (χ0v) is 14.2. The first-order valence-corrected chi connectivity index (χ1v) is 7.79. The number of nitrogens with zero attached hydrogens (tertiary/aromatic N) is 5. The van der Waals surface area contributed by atoms with Gasteiger partial charge in [-0.05, 0) is 41.9 Å². The Kier molecular flexibility index (Phi) is 4.06. The molecule has 3 aromatic heterocycles. The van der Waals surface area contributed by atoms with Gasteiger partial charge < -0.3 is 4.42 Å². The summed E-state index contributed by atoms with van der Waals surface area (Å²) >= 11 is 3.54. The Balaban J connectivity index is 1.80. The van der Waals surface area contributed by atoms with Crippen LogP contribution < -0.4 is 0 Å². The van der Waals surface area contributed by atoms with Crippen LogP contribution in [0, 0.1) is 13.8 Å². The van der Waals surface area contributed by atoms with Gasteiger partial charge in [0.1, 0.15) is 0 Å². The highest BCUT2D eigenvalue weighted by molar-refractivity contribution is 9.10. The van der Waals surface area contributed by atoms with Gasteiger partial charge in [0, 0.05) is 23.7 Å². The summed E-state index contributed by atoms with van der Waals surface area (Å²) in [6.45, 7) is 6.75. The Labute approximate surface area is 136 Å². The van der Waals surface area contributed by atoms with Gasteiger partial charge in [-0.1, -0.05) is 6.92 Å². The SMILES string of the molecule is Cc1nn(CC(C)c2nnc(-c3ccncc3)o2)c(C)c1Br. The molecule has 0 spiro atoms. The van der Waals surface area contributed by atoms with E-state index >= 15 is 0 Å². The monoisotopic (exact) mass is 361 g/mol. The van der Waals surface area contributed by atoms with Crippen LogP contribution in [0.5, 0.6) is 0 Å². The summed E-state index contributed by atoms with van der Waals surface area (Å²) in [5.74, 6) is 1.20. The van der Waals surface area contributed by atoms with Crippen LogP contribution in [0.4, 0.5) is 0 Å². The van der Waals surface area contributed by atoms with E-state index in [1.165, 1.54) is 0 Å². The van der Waals surface area contributed by atoms with Crippen molar-refractivity contribution in [3.05, 3.63) is 46.3 Å². The van der Waals surface area contributed by atoms with Crippen LogP contribution in [0.25, 0.3) is 11.5 Å². The van der Waals surface area contributed by atoms with Gasteiger partial charge in [-0.15, -0.1) is 10.2 Å². The van der Waals surface area contributed by atoms with Gasteiger partial charge in [0.15, 0.2) is 0 Å². The lowest BCUT2D eigenvalue weighted by Crippen LogP contribution is -2.09. The maximum Gasteiger partial charge on any atom is 0.247 e. The van der Waals surface area contributed by atoms with E-state index in [2.05, 4.69) is 36.2 Å². The molecule has 0 aliphatic carbocycles. The summed E-state index contributed by atoms with van der Waals surface area (Å²) in [7, 11) is 0. The highest BCUT2D eigenvalue weighted by Gasteiger charge is 2.18. The molecule has 0 aliphatic rings. The first kappa shape index (κ1) is 14.9. The fourth-order valence-corrected chi connectivity index (χ4v) is 2.52. The molecule has 0 bridgehead atoms. The number of hydrogen-bond donors (Lipinski definition) is 0. The lowest BCUT2D eigenvalue weighted by atomic mass is 10.2. The number of aromatic nitrogens is 5. The number of hydrogen-bond acceptors (Lipinski definition) is 5. The second-order valence-electron chi connectivity index (χ2n) is 5.25. The second-order valence-corrected chi connectivity index (χ2v) is 6.04. The van der Waals surface area contributed by atoms with E-state index in [0.29, 0.717) is 18.3 Å². The molecule has 0 saturated carbocycles. The minimum atomic E-state index is 0.0768. The van der Waals surface area contributed by atoms with Crippen LogP contribution in [0.2, 0.25) is 0 Å². The molecule has 114 valence electrons. The molecule has 3 heterocycles. The Bertz CT molecular complexity index is 781. The molecule has 1 atom stereocenters. The van der Waals surface area contributed by atoms with Crippen molar-refractivity contribution < 1.29 is 4.42 Å². The van der Waals surface area contributed by atoms with Crippen molar-refractivity contribution in [1.29, 1.82) is 0 Å². The van der Waals surface area contributed by atoms with Crippen molar-refractivity contribution in [1.82, 2.24) is 25.0 Å². The summed E-state index contributed by atoms with van der Waals surface area (Å²) in [4.78, 5) is 3.98. The van der Waals surface area contributed by atoms with Crippen LogP contribution in [0.15, 0.2) is 33.4 Å². The topological polar surface area (TPSA) is 69.6 Å². The van der Waals surface area contributed by atoms with E-state index in [4.69, 9.17) is 4.42 Å². The third kappa shape index (κ3) is 2.81. The molecule has 6 nitrogen and oxygen atoms in total. The van der Waals surface area contributed by atoms with E-state index in [-0.39, 0.29) is 5.92 Å². The first-order valence-electron chi connectivity index (χ1n) is 6.99. The van der Waals surface area contributed by atoms with Gasteiger partial charge in [0.25, 0.3) is 0 Å². The number of rotatable bonds is 4. The van der Waals surface area contributed by atoms with E-state index in [1.807, 2.05) is 37.6 Å². The average Bonchev–Trinajstić information content (AvgIpc) is 3.11. The number of aryl methyl sites for hydroxylation is 1. The van der Waals surface area contributed by atoms with Gasteiger partial charge in [-0.2, -0.15) is 5.10 Å². The Morgan fingerprint density at radius 1 is 1.23 bits per heavy atom. The zero-order valence-electron chi connectivity index (χ0n) is 12.6. The van der Waals surface area contributed by atoms with Gasteiger partial charge in [-0.3, -0.25) is 9.67 Å². The second kappa shape index (κ2) is 6.00. The summed E-state index contributed by atoms with van der Waals surface area (Å²) in [6.07, 6.45) is 3.41. The van der Waals surface area contributed by atoms with Crippen molar-refractivity contribution in [3.8, 4) is 11.5 Å². The predicted molar refractivity (Wildman–Crippen MR) is 85.3 cm³/mol. The molecular formula is C15H16BrN5O. The molecule has 0 radical (unpaired) electrons. The third-order valence-electron chi connectivity index (χ3n) is 3.53. The molecule has 3 rings (SSSR count). The smallest absolute Gasteiger partial charge is 0.247 e. The number of pyridine rings is 1. The van der Waals surface area contributed by atoms with E-state index in [9.17, 15) is 0 Å². The molecule has 7 heteroatoms. The molecule has 0 N–H and O–H groups in total. The molecule has 0 aromatic carbocycles. The molecule has 0 aliphatic heterocycles. The largest absolute Gasteiger partial charge is 0.420 e. The molecular weight excluding hydrogens is 346 g/mol. The lowest BCUT2D eigenvalue weighted by molar-refractivity contribution is 0.420. The third-order valence-corrected chi connectivity index (χ3v) is 4.68. The summed E-state index contributed by atoms with van der Waals surface area (Å²) in [6, 6.07) is 3.69. The lowest BCUT2D eigenvalue weighted by Gasteiger charge is -2.08. The highest BCUT2D eigenvalue weighted by Crippen LogP contribution is 2.25. The van der Waals surface area contributed by atoms with Crippen molar-refractivity contribution in [2.45, 2.75) is 33.2 Å². The highest BCUT2D eigenvalue weighted by atomic mass is 79.9. The Morgan fingerprint density at radius 3 is 2.59 bits per heavy atom. The van der Waals surface area contributed by atoms with Crippen LogP contribution in [-0.2, 0) is 6.54 Å². The van der Waals surface area contributed by atoms with Crippen LogP contribution in [0.3, 0.4) is 0 Å². The van der Waals surface area contributed by atoms with Crippen molar-refractivity contribution in [3.63, 3.8) is 0 Å². The fourth-order valence-electron chi connectivity index (χ4n) is 2.24. The van der Waals surface area contributed by atoms with Crippen molar-refractivity contribution >= 4 is 15.9 Å². The molecule has 22 heavy (non-hydrogen) atoms.